The summed E-state index contributed by atoms with van der Waals surface area (Å²) in [6.45, 7) is 4.25. The first-order valence-electron chi connectivity index (χ1n) is 5.44. The number of carbonyl (C=O) groups excluding carboxylic acids is 1. The van der Waals surface area contributed by atoms with E-state index in [9.17, 15) is 4.79 Å². The van der Waals surface area contributed by atoms with Crippen LogP contribution in [0.5, 0.6) is 0 Å². The highest BCUT2D eigenvalue weighted by Crippen LogP contribution is 2.24. The van der Waals surface area contributed by atoms with Crippen LogP contribution in [0.3, 0.4) is 0 Å². The van der Waals surface area contributed by atoms with Crippen LogP contribution in [0.4, 0.5) is 5.95 Å². The molecule has 7 nitrogen and oxygen atoms in total. The van der Waals surface area contributed by atoms with Gasteiger partial charge >= 0.3 is 5.97 Å². The van der Waals surface area contributed by atoms with Gasteiger partial charge in [0.15, 0.2) is 5.65 Å². The third kappa shape index (κ3) is 2.84. The Hall–Kier alpha value is -2.09. The summed E-state index contributed by atoms with van der Waals surface area (Å²) in [6, 6.07) is 0. The second-order valence-corrected chi connectivity index (χ2v) is 4.57. The van der Waals surface area contributed by atoms with Crippen LogP contribution in [-0.4, -0.2) is 38.4 Å². The van der Waals surface area contributed by atoms with Crippen molar-refractivity contribution in [2.75, 3.05) is 18.6 Å². The third-order valence-electron chi connectivity index (χ3n) is 2.33. The lowest BCUT2D eigenvalue weighted by Crippen LogP contribution is -2.05. The highest BCUT2D eigenvalue weighted by molar-refractivity contribution is 8.00. The van der Waals surface area contributed by atoms with Crippen LogP contribution < -0.4 is 5.73 Å². The van der Waals surface area contributed by atoms with Gasteiger partial charge in [-0.25, -0.2) is 9.97 Å². The van der Waals surface area contributed by atoms with Gasteiger partial charge in [-0.3, -0.25) is 4.79 Å². The molecule has 2 rings (SSSR count). The zero-order valence-corrected chi connectivity index (χ0v) is 11.2. The summed E-state index contributed by atoms with van der Waals surface area (Å²) in [5.74, 6) is -0.0392. The van der Waals surface area contributed by atoms with Gasteiger partial charge in [-0.15, -0.1) is 6.58 Å². The van der Waals surface area contributed by atoms with Crippen molar-refractivity contribution in [3.05, 3.63) is 19.0 Å². The minimum Gasteiger partial charge on any atom is -0.468 e. The van der Waals surface area contributed by atoms with E-state index < -0.39 is 0 Å². The van der Waals surface area contributed by atoms with E-state index in [0.29, 0.717) is 22.7 Å². The van der Waals surface area contributed by atoms with Crippen LogP contribution in [0.2, 0.25) is 0 Å². The SMILES string of the molecule is C=CCn1cnc2c(SCC(=O)OC)nc(N)nc21. The number of imidazole rings is 1. The Kier molecular flexibility index (Phi) is 4.00. The molecule has 0 spiro atoms. The lowest BCUT2D eigenvalue weighted by Gasteiger charge is -2.03. The second kappa shape index (κ2) is 5.70. The molecule has 2 aromatic heterocycles. The Morgan fingerprint density at radius 1 is 1.63 bits per heavy atom. The molecule has 0 unspecified atom stereocenters. The number of methoxy groups -OCH3 is 1. The molecular formula is C11H13N5O2S. The van der Waals surface area contributed by atoms with E-state index in [1.54, 1.807) is 12.4 Å². The number of hydrogen-bond acceptors (Lipinski definition) is 7. The van der Waals surface area contributed by atoms with E-state index in [4.69, 9.17) is 5.73 Å². The van der Waals surface area contributed by atoms with Gasteiger partial charge in [0.1, 0.15) is 10.5 Å². The third-order valence-corrected chi connectivity index (χ3v) is 3.27. The maximum atomic E-state index is 11.2. The molecule has 0 aliphatic heterocycles. The van der Waals surface area contributed by atoms with Gasteiger partial charge in [0, 0.05) is 6.54 Å². The highest BCUT2D eigenvalue weighted by Gasteiger charge is 2.13. The number of thioether (sulfide) groups is 1. The predicted molar refractivity (Wildman–Crippen MR) is 72.7 cm³/mol. The maximum Gasteiger partial charge on any atom is 0.316 e. The summed E-state index contributed by atoms with van der Waals surface area (Å²) >= 11 is 1.22. The van der Waals surface area contributed by atoms with Gasteiger partial charge < -0.3 is 15.0 Å². The highest BCUT2D eigenvalue weighted by atomic mass is 32.2. The Bertz CT molecular complexity index is 625. The Morgan fingerprint density at radius 3 is 3.11 bits per heavy atom. The molecule has 0 saturated carbocycles. The predicted octanol–water partition coefficient (Wildman–Crippen LogP) is 0.860. The van der Waals surface area contributed by atoms with E-state index in [-0.39, 0.29) is 17.7 Å². The molecule has 0 aliphatic carbocycles. The number of ether oxygens (including phenoxy) is 1. The number of aromatic nitrogens is 4. The van der Waals surface area contributed by atoms with Crippen molar-refractivity contribution in [3.63, 3.8) is 0 Å². The molecule has 0 aromatic carbocycles. The number of anilines is 1. The topological polar surface area (TPSA) is 95.9 Å². The van der Waals surface area contributed by atoms with Gasteiger partial charge in [0.05, 0.1) is 19.2 Å². The van der Waals surface area contributed by atoms with E-state index in [2.05, 4.69) is 26.3 Å². The number of carbonyl (C=O) groups is 1. The first kappa shape index (κ1) is 13.3. The summed E-state index contributed by atoms with van der Waals surface area (Å²) in [6.07, 6.45) is 3.38. The van der Waals surface area contributed by atoms with Crippen LogP contribution in [0.15, 0.2) is 24.0 Å². The van der Waals surface area contributed by atoms with Gasteiger partial charge in [-0.1, -0.05) is 17.8 Å². The zero-order valence-electron chi connectivity index (χ0n) is 10.4. The summed E-state index contributed by atoms with van der Waals surface area (Å²) < 4.78 is 6.39. The fraction of sp³-hybridized carbons (Fsp3) is 0.273. The van der Waals surface area contributed by atoms with Crippen molar-refractivity contribution >= 4 is 34.8 Å². The molecule has 19 heavy (non-hydrogen) atoms. The number of allylic oxidation sites excluding steroid dienone is 1. The molecule has 0 fully saturated rings. The van der Waals surface area contributed by atoms with E-state index >= 15 is 0 Å². The zero-order chi connectivity index (χ0) is 13.8. The van der Waals surface area contributed by atoms with E-state index in [1.807, 2.05) is 4.57 Å². The molecule has 2 aromatic rings. The summed E-state index contributed by atoms with van der Waals surface area (Å²) in [7, 11) is 1.34. The first-order valence-corrected chi connectivity index (χ1v) is 6.43. The van der Waals surface area contributed by atoms with Gasteiger partial charge in [-0.2, -0.15) is 4.98 Å². The molecule has 0 radical (unpaired) electrons. The molecular weight excluding hydrogens is 266 g/mol. The fourth-order valence-electron chi connectivity index (χ4n) is 1.49. The Labute approximate surface area is 113 Å². The molecule has 0 amide bonds. The molecule has 100 valence electrons. The minimum absolute atomic E-state index is 0.144. The maximum absolute atomic E-state index is 11.2. The number of hydrogen-bond donors (Lipinski definition) is 1. The lowest BCUT2D eigenvalue weighted by molar-refractivity contribution is -0.137. The van der Waals surface area contributed by atoms with Crippen LogP contribution in [0, 0.1) is 0 Å². The number of esters is 1. The van der Waals surface area contributed by atoms with Crippen molar-refractivity contribution < 1.29 is 9.53 Å². The largest absolute Gasteiger partial charge is 0.468 e. The quantitative estimate of drug-likeness (QED) is 0.375. The van der Waals surface area contributed by atoms with Crippen molar-refractivity contribution in [1.82, 2.24) is 19.5 Å². The Morgan fingerprint density at radius 2 is 2.42 bits per heavy atom. The summed E-state index contributed by atoms with van der Waals surface area (Å²) in [5.41, 5.74) is 6.91. The number of nitrogens with two attached hydrogens (primary N) is 1. The average molecular weight is 279 g/mol. The van der Waals surface area contributed by atoms with E-state index in [0.717, 1.165) is 0 Å². The van der Waals surface area contributed by atoms with Gasteiger partial charge in [0.2, 0.25) is 5.95 Å². The van der Waals surface area contributed by atoms with Crippen LogP contribution in [0.1, 0.15) is 0 Å². The standard InChI is InChI=1S/C11H13N5O2S/c1-3-4-16-6-13-8-9(16)14-11(12)15-10(8)19-5-7(17)18-2/h3,6H,1,4-5H2,2H3,(H2,12,14,15). The molecule has 0 bridgehead atoms. The average Bonchev–Trinajstić information content (AvgIpc) is 2.79. The van der Waals surface area contributed by atoms with Crippen LogP contribution >= 0.6 is 11.8 Å². The van der Waals surface area contributed by atoms with Gasteiger partial charge in [-0.05, 0) is 0 Å². The number of nitrogen functional groups attached to an aromatic ring is 1. The first-order chi connectivity index (χ1) is 9.15. The molecule has 2 heterocycles. The number of nitrogens with zero attached hydrogens (tertiary/aromatic N) is 4. The van der Waals surface area contributed by atoms with Crippen molar-refractivity contribution in [1.29, 1.82) is 0 Å². The summed E-state index contributed by atoms with van der Waals surface area (Å²) in [4.78, 5) is 23.7. The monoisotopic (exact) mass is 279 g/mol. The lowest BCUT2D eigenvalue weighted by atomic mass is 10.5. The fourth-order valence-corrected chi connectivity index (χ4v) is 2.31. The molecule has 8 heteroatoms. The van der Waals surface area contributed by atoms with Crippen LogP contribution in [-0.2, 0) is 16.1 Å². The molecule has 0 saturated heterocycles. The molecule has 0 atom stereocenters. The number of rotatable bonds is 5. The molecule has 0 aliphatic rings. The normalized spacial score (nSPS) is 10.6. The molecule has 2 N–H and O–H groups in total. The van der Waals surface area contributed by atoms with Crippen molar-refractivity contribution in [2.45, 2.75) is 11.6 Å². The number of fused-ring (bicyclic) bond motifs is 1. The Balaban J connectivity index is 2.37. The smallest absolute Gasteiger partial charge is 0.316 e. The van der Waals surface area contributed by atoms with E-state index in [1.165, 1.54) is 18.9 Å². The van der Waals surface area contributed by atoms with Crippen LogP contribution in [0.25, 0.3) is 11.2 Å². The minimum atomic E-state index is -0.333. The van der Waals surface area contributed by atoms with Crippen molar-refractivity contribution in [3.8, 4) is 0 Å². The second-order valence-electron chi connectivity index (χ2n) is 3.61. The van der Waals surface area contributed by atoms with Gasteiger partial charge in [0.25, 0.3) is 0 Å². The summed E-state index contributed by atoms with van der Waals surface area (Å²) in [5, 5.41) is 0.565. The van der Waals surface area contributed by atoms with Crippen molar-refractivity contribution in [2.24, 2.45) is 0 Å².